The van der Waals surface area contributed by atoms with E-state index in [1.165, 1.54) is 73.5 Å². The zero-order valence-electron chi connectivity index (χ0n) is 54.1. The molecule has 1 atom stereocenters. The summed E-state index contributed by atoms with van der Waals surface area (Å²) in [6.07, 6.45) is 19.1. The largest absolute Gasteiger partial charge is 0.559 e. The summed E-state index contributed by atoms with van der Waals surface area (Å²) in [6.45, 7) is 26.0. The van der Waals surface area contributed by atoms with Crippen LogP contribution in [-0.4, -0.2) is 30.8 Å². The number of anilines is 1. The van der Waals surface area contributed by atoms with Crippen LogP contribution in [0, 0.1) is 65.2 Å². The number of hydrogen-bond acceptors (Lipinski definition) is 7. The number of rotatable bonds is 13. The fourth-order valence-electron chi connectivity index (χ4n) is 11.1. The SMILES string of the molecule is C=CCc1ccc(-c2[c-]cc(F)cc2F)nc1.C=CCc1ccc2c(c1)C(C)(C)c1cc(-n3cccn3)[c-]cc1-2.C=COc1ccnc(-c2[c-]cc(F)cc2F)c1.C=CSc1ccc2c(c1)C(C)(C)c1cc(N3C=CC(C)[N-]3)[c-]cc1-2.Fc1c[c-]c(-c2ccccn2)c(F)c1.[Ir].[Ir].[Ir].[Ir]. The van der Waals surface area contributed by atoms with E-state index in [1.54, 1.807) is 66.8 Å². The zero-order chi connectivity index (χ0) is 67.4. The number of benzene rings is 7. The van der Waals surface area contributed by atoms with E-state index < -0.39 is 34.9 Å². The zero-order valence-corrected chi connectivity index (χ0v) is 64.5. The molecule has 0 spiro atoms. The maximum absolute atomic E-state index is 13.5. The van der Waals surface area contributed by atoms with Crippen LogP contribution < -0.4 is 9.75 Å². The van der Waals surface area contributed by atoms with Crippen LogP contribution in [0.25, 0.3) is 67.1 Å². The molecule has 1 aliphatic heterocycles. The maximum atomic E-state index is 13.5. The number of halogens is 6. The van der Waals surface area contributed by atoms with Gasteiger partial charge in [-0.2, -0.15) is 29.4 Å². The first-order valence-electron chi connectivity index (χ1n) is 30.1. The second kappa shape index (κ2) is 36.4. The Morgan fingerprint density at radius 3 is 1.59 bits per heavy atom. The van der Waals surface area contributed by atoms with Gasteiger partial charge in [0.1, 0.15) is 5.75 Å². The van der Waals surface area contributed by atoms with Crippen LogP contribution in [0.15, 0.2) is 244 Å². The number of hydrogen-bond donors (Lipinski definition) is 0. The van der Waals surface area contributed by atoms with Gasteiger partial charge in [0.05, 0.1) is 6.26 Å². The standard InChI is InChI=1S/C21H20N2S.C21H19N2.C14H10F2N.C13H8F2NO.C11H6F2N.4Ir/c1-5-24-16-7-9-18-17-8-6-15(23-11-10-14(2)22-23)12-19(17)21(3,4)20(18)13-16;1-4-6-15-7-9-17-18-10-8-16(23-12-5-11-22-23)14-20(18)21(2,3)19(17)13-15;1-2-3-10-4-7-14(17-9-10)12-6-5-11(15)8-13(12)16;1-2-17-10-5-6-16-13(8-10)11-4-3-9(14)7-12(11)15;12-8-4-5-9(10(13)7-8)11-3-1-2-6-14-11;;;;/h5,7-14H,1H2,2-4H3;4-5,7,9-14H,1,6H2,2-3H3;2,4-5,7-9H,1,3H2;2-3,5-8H,1H2;1-4,6-7H;;;;/q-2;4*-1;;;;. The van der Waals surface area contributed by atoms with Gasteiger partial charge in [-0.25, -0.2) is 0 Å². The van der Waals surface area contributed by atoms with Gasteiger partial charge in [0.2, 0.25) is 0 Å². The molecule has 19 heteroatoms. The first-order chi connectivity index (χ1) is 45.8. The number of ether oxygens (including phenoxy) is 1. The molecule has 1 unspecified atom stereocenters. The van der Waals surface area contributed by atoms with Gasteiger partial charge >= 0.3 is 0 Å². The first kappa shape index (κ1) is 80.0. The Morgan fingerprint density at radius 2 is 1.07 bits per heavy atom. The number of pyridine rings is 3. The Labute approximate surface area is 633 Å². The first-order valence-corrected chi connectivity index (χ1v) is 31.0. The fourth-order valence-corrected chi connectivity index (χ4v) is 11.6. The Balaban J connectivity index is 0.000000196. The third-order valence-electron chi connectivity index (χ3n) is 15.8. The Morgan fingerprint density at radius 1 is 0.535 bits per heavy atom. The quantitative estimate of drug-likeness (QED) is 0.0374. The molecule has 4 aromatic heterocycles. The van der Waals surface area contributed by atoms with E-state index in [1.807, 2.05) is 45.7 Å². The van der Waals surface area contributed by atoms with Crippen LogP contribution in [0.5, 0.6) is 5.75 Å². The molecule has 11 aromatic rings. The Bertz CT molecular complexity index is 4630. The number of fused-ring (bicyclic) bond motifs is 6. The van der Waals surface area contributed by atoms with Crippen molar-refractivity contribution in [2.24, 2.45) is 0 Å². The molecule has 7 aromatic carbocycles. The van der Waals surface area contributed by atoms with Crippen molar-refractivity contribution in [2.45, 2.75) is 69.2 Å². The summed E-state index contributed by atoms with van der Waals surface area (Å²) < 4.78 is 85.1. The van der Waals surface area contributed by atoms with E-state index in [4.69, 9.17) is 4.74 Å². The van der Waals surface area contributed by atoms with Crippen molar-refractivity contribution in [3.63, 3.8) is 0 Å². The van der Waals surface area contributed by atoms with Gasteiger partial charge < -0.3 is 30.1 Å². The van der Waals surface area contributed by atoms with Crippen LogP contribution in [0.1, 0.15) is 68.0 Å². The molecule has 99 heavy (non-hydrogen) atoms. The van der Waals surface area contributed by atoms with E-state index >= 15 is 0 Å². The van der Waals surface area contributed by atoms with Crippen LogP contribution >= 0.6 is 11.8 Å². The molecule has 5 heterocycles. The van der Waals surface area contributed by atoms with E-state index in [0.717, 1.165) is 59.8 Å². The Hall–Kier alpha value is -8.01. The number of thioether (sulfide) groups is 1. The number of allylic oxidation sites excluding steroid dienone is 2. The van der Waals surface area contributed by atoms with Gasteiger partial charge in [-0.05, 0) is 117 Å². The summed E-state index contributed by atoms with van der Waals surface area (Å²) in [4.78, 5) is 13.3. The predicted molar refractivity (Wildman–Crippen MR) is 367 cm³/mol. The molecule has 8 nitrogen and oxygen atoms in total. The molecular formula is C80H63F6Ir4N7OS-6. The summed E-state index contributed by atoms with van der Waals surface area (Å²) in [5.41, 5.74) is 21.2. The summed E-state index contributed by atoms with van der Waals surface area (Å²) in [5.74, 6) is -3.51. The minimum Gasteiger partial charge on any atom is -0.559 e. The van der Waals surface area contributed by atoms with Gasteiger partial charge in [-0.3, -0.25) is 31.0 Å². The topological polar surface area (TPSA) is 83.1 Å². The molecule has 14 rings (SSSR count). The van der Waals surface area contributed by atoms with Crippen molar-refractivity contribution in [2.75, 3.05) is 5.01 Å². The molecule has 3 aliphatic rings. The number of nitrogens with zero attached hydrogens (tertiary/aromatic N) is 7. The summed E-state index contributed by atoms with van der Waals surface area (Å²) >= 11 is 1.67. The van der Waals surface area contributed by atoms with Gasteiger partial charge in [0.25, 0.3) is 0 Å². The average Bonchev–Trinajstić information content (AvgIpc) is 1.59. The van der Waals surface area contributed by atoms with Crippen LogP contribution in [0.2, 0.25) is 0 Å². The molecule has 514 valence electrons. The summed E-state index contributed by atoms with van der Waals surface area (Å²) in [5, 5.41) is 8.14. The van der Waals surface area contributed by atoms with Gasteiger partial charge in [0.15, 0.2) is 0 Å². The van der Waals surface area contributed by atoms with Gasteiger partial charge in [0, 0.05) is 151 Å². The number of aromatic nitrogens is 5. The summed E-state index contributed by atoms with van der Waals surface area (Å²) in [6, 6.07) is 56.1. The average molecular weight is 2050 g/mol. The van der Waals surface area contributed by atoms with Crippen LogP contribution in [-0.2, 0) is 104 Å². The smallest absolute Gasteiger partial charge is 0.120 e. The van der Waals surface area contributed by atoms with E-state index in [-0.39, 0.29) is 114 Å². The molecule has 0 saturated carbocycles. The minimum absolute atomic E-state index is 0. The minimum atomic E-state index is -0.715. The predicted octanol–water partition coefficient (Wildman–Crippen LogP) is 20.5. The second-order valence-electron chi connectivity index (χ2n) is 22.9. The van der Waals surface area contributed by atoms with Crippen LogP contribution in [0.4, 0.5) is 32.0 Å². The maximum Gasteiger partial charge on any atom is 0.120 e. The van der Waals surface area contributed by atoms with Crippen molar-refractivity contribution < 1.29 is 112 Å². The van der Waals surface area contributed by atoms with Crippen molar-refractivity contribution in [3.05, 3.63) is 343 Å². The molecule has 0 fully saturated rings. The van der Waals surface area contributed by atoms with Gasteiger partial charge in [-0.15, -0.1) is 90.0 Å². The van der Waals surface area contributed by atoms with Gasteiger partial charge in [-0.1, -0.05) is 178 Å². The molecule has 0 amide bonds. The molecular weight excluding hydrogens is 1990 g/mol. The summed E-state index contributed by atoms with van der Waals surface area (Å²) in [7, 11) is 0. The molecule has 4 radical (unpaired) electrons. The molecule has 0 N–H and O–H groups in total. The van der Waals surface area contributed by atoms with Crippen molar-refractivity contribution in [3.8, 4) is 67.5 Å². The van der Waals surface area contributed by atoms with Crippen molar-refractivity contribution in [1.82, 2.24) is 24.7 Å². The second-order valence-corrected chi connectivity index (χ2v) is 24.0. The fraction of sp³-hybridized carbons (Fsp3) is 0.125. The molecule has 0 bridgehead atoms. The third kappa shape index (κ3) is 19.1. The Kier molecular flexibility index (Phi) is 29.4. The van der Waals surface area contributed by atoms with Crippen LogP contribution in [0.3, 0.4) is 0 Å². The van der Waals surface area contributed by atoms with Crippen molar-refractivity contribution in [1.29, 1.82) is 0 Å². The molecule has 0 saturated heterocycles. The van der Waals surface area contributed by atoms with Crippen molar-refractivity contribution >= 4 is 17.4 Å². The van der Waals surface area contributed by atoms with E-state index in [2.05, 4.69) is 183 Å². The van der Waals surface area contributed by atoms with E-state index in [9.17, 15) is 26.3 Å². The van der Waals surface area contributed by atoms with E-state index in [0.29, 0.717) is 29.3 Å². The molecule has 2 aliphatic carbocycles. The normalized spacial score (nSPS) is 13.1. The monoisotopic (exact) mass is 2060 g/mol. The third-order valence-corrected chi connectivity index (χ3v) is 16.5.